The van der Waals surface area contributed by atoms with Gasteiger partial charge < -0.3 is 15.5 Å². The zero-order chi connectivity index (χ0) is 16.1. The number of carbonyl (C=O) groups is 1. The fourth-order valence-corrected chi connectivity index (χ4v) is 3.37. The molecule has 3 rings (SSSR count). The standard InChI is InChI=1S/C18H28N4O.2ClH/c1-14-6-9-22(10-7-14)17-5-4-15(12-20-17)13-21-18(23)11-16-3-2-8-19-16;;/h4-5,12,14,16,19H,2-3,6-11,13H2,1H3,(H,21,23);2*1H. The van der Waals surface area contributed by atoms with Crippen LogP contribution in [0.5, 0.6) is 0 Å². The van der Waals surface area contributed by atoms with E-state index in [1.807, 2.05) is 6.20 Å². The Morgan fingerprint density at radius 3 is 2.64 bits per heavy atom. The second-order valence-electron chi connectivity index (χ2n) is 6.97. The minimum Gasteiger partial charge on any atom is -0.357 e. The van der Waals surface area contributed by atoms with Crippen molar-refractivity contribution in [1.29, 1.82) is 0 Å². The highest BCUT2D eigenvalue weighted by Crippen LogP contribution is 2.21. The summed E-state index contributed by atoms with van der Waals surface area (Å²) in [5.41, 5.74) is 1.06. The second kappa shape index (κ2) is 10.8. The smallest absolute Gasteiger partial charge is 0.221 e. The molecular formula is C18H30Cl2N4O. The maximum atomic E-state index is 11.9. The van der Waals surface area contributed by atoms with E-state index in [-0.39, 0.29) is 30.7 Å². The SMILES string of the molecule is CC1CCN(c2ccc(CNC(=O)CC3CCCN3)cn2)CC1.Cl.Cl. The molecule has 25 heavy (non-hydrogen) atoms. The molecule has 1 atom stereocenters. The van der Waals surface area contributed by atoms with E-state index in [1.165, 1.54) is 19.3 Å². The third-order valence-electron chi connectivity index (χ3n) is 5.00. The van der Waals surface area contributed by atoms with Crippen molar-refractivity contribution >= 4 is 36.5 Å². The van der Waals surface area contributed by atoms with Gasteiger partial charge in [-0.25, -0.2) is 4.98 Å². The molecule has 2 N–H and O–H groups in total. The first kappa shape index (κ1) is 22.0. The molecule has 1 aromatic heterocycles. The number of nitrogens with one attached hydrogen (secondary N) is 2. The fraction of sp³-hybridized carbons (Fsp3) is 0.667. The first-order chi connectivity index (χ1) is 11.2. The highest BCUT2D eigenvalue weighted by Gasteiger charge is 2.18. The summed E-state index contributed by atoms with van der Waals surface area (Å²) in [5, 5.41) is 6.35. The Bertz CT molecular complexity index is 512. The van der Waals surface area contributed by atoms with Crippen molar-refractivity contribution in [2.45, 2.75) is 51.6 Å². The second-order valence-corrected chi connectivity index (χ2v) is 6.97. The number of nitrogens with zero attached hydrogens (tertiary/aromatic N) is 2. The van der Waals surface area contributed by atoms with E-state index in [4.69, 9.17) is 0 Å². The van der Waals surface area contributed by atoms with Gasteiger partial charge in [0.15, 0.2) is 0 Å². The fourth-order valence-electron chi connectivity index (χ4n) is 3.37. The summed E-state index contributed by atoms with van der Waals surface area (Å²) >= 11 is 0. The summed E-state index contributed by atoms with van der Waals surface area (Å²) in [7, 11) is 0. The summed E-state index contributed by atoms with van der Waals surface area (Å²) in [6.45, 7) is 6.11. The number of pyridine rings is 1. The van der Waals surface area contributed by atoms with E-state index < -0.39 is 0 Å². The van der Waals surface area contributed by atoms with E-state index in [0.717, 1.165) is 43.4 Å². The molecule has 5 nitrogen and oxygen atoms in total. The molecule has 0 saturated carbocycles. The molecule has 3 heterocycles. The van der Waals surface area contributed by atoms with Gasteiger partial charge in [0, 0.05) is 38.3 Å². The average Bonchev–Trinajstić information content (AvgIpc) is 3.07. The summed E-state index contributed by atoms with van der Waals surface area (Å²) in [5.74, 6) is 2.01. The summed E-state index contributed by atoms with van der Waals surface area (Å²) in [6.07, 6.45) is 7.25. The summed E-state index contributed by atoms with van der Waals surface area (Å²) < 4.78 is 0. The van der Waals surface area contributed by atoms with Gasteiger partial charge in [0.05, 0.1) is 0 Å². The highest BCUT2D eigenvalue weighted by molar-refractivity contribution is 5.85. The van der Waals surface area contributed by atoms with Crippen LogP contribution in [0.2, 0.25) is 0 Å². The van der Waals surface area contributed by atoms with Gasteiger partial charge in [0.2, 0.25) is 5.91 Å². The van der Waals surface area contributed by atoms with Crippen LogP contribution in [0.3, 0.4) is 0 Å². The largest absolute Gasteiger partial charge is 0.357 e. The normalized spacial score (nSPS) is 20.5. The number of piperidine rings is 1. The molecule has 142 valence electrons. The minimum atomic E-state index is 0. The molecule has 2 aliphatic rings. The van der Waals surface area contributed by atoms with Gasteiger partial charge in [-0.05, 0) is 49.8 Å². The number of anilines is 1. The molecule has 7 heteroatoms. The monoisotopic (exact) mass is 388 g/mol. The predicted molar refractivity (Wildman–Crippen MR) is 107 cm³/mol. The lowest BCUT2D eigenvalue weighted by molar-refractivity contribution is -0.121. The number of hydrogen-bond acceptors (Lipinski definition) is 4. The van der Waals surface area contributed by atoms with Crippen molar-refractivity contribution < 1.29 is 4.79 Å². The predicted octanol–water partition coefficient (Wildman–Crippen LogP) is 2.92. The van der Waals surface area contributed by atoms with Crippen molar-refractivity contribution in [1.82, 2.24) is 15.6 Å². The van der Waals surface area contributed by atoms with Gasteiger partial charge >= 0.3 is 0 Å². The Labute approximate surface area is 163 Å². The van der Waals surface area contributed by atoms with Crippen LogP contribution in [0.1, 0.15) is 44.6 Å². The van der Waals surface area contributed by atoms with Gasteiger partial charge in [-0.1, -0.05) is 13.0 Å². The molecule has 2 aliphatic heterocycles. The number of aromatic nitrogens is 1. The highest BCUT2D eigenvalue weighted by atomic mass is 35.5. The lowest BCUT2D eigenvalue weighted by Crippen LogP contribution is -2.33. The van der Waals surface area contributed by atoms with Crippen molar-refractivity contribution in [2.24, 2.45) is 5.92 Å². The van der Waals surface area contributed by atoms with Crippen molar-refractivity contribution in [3.63, 3.8) is 0 Å². The summed E-state index contributed by atoms with van der Waals surface area (Å²) in [6, 6.07) is 4.52. The molecule has 0 aliphatic carbocycles. The summed E-state index contributed by atoms with van der Waals surface area (Å²) in [4.78, 5) is 18.9. The van der Waals surface area contributed by atoms with Crippen LogP contribution in [-0.4, -0.2) is 36.6 Å². The molecule has 1 unspecified atom stereocenters. The quantitative estimate of drug-likeness (QED) is 0.813. The Kier molecular flexibility index (Phi) is 9.54. The van der Waals surface area contributed by atoms with E-state index in [9.17, 15) is 4.79 Å². The average molecular weight is 389 g/mol. The zero-order valence-electron chi connectivity index (χ0n) is 14.9. The zero-order valence-corrected chi connectivity index (χ0v) is 16.5. The topological polar surface area (TPSA) is 57.3 Å². The number of halogens is 2. The maximum Gasteiger partial charge on any atom is 0.221 e. The Morgan fingerprint density at radius 2 is 2.04 bits per heavy atom. The van der Waals surface area contributed by atoms with Crippen LogP contribution >= 0.6 is 24.8 Å². The van der Waals surface area contributed by atoms with Gasteiger partial charge in [0.25, 0.3) is 0 Å². The molecule has 2 fully saturated rings. The number of carbonyl (C=O) groups excluding carboxylic acids is 1. The van der Waals surface area contributed by atoms with Crippen molar-refractivity contribution in [3.8, 4) is 0 Å². The molecule has 2 saturated heterocycles. The Balaban J connectivity index is 0.00000156. The van der Waals surface area contributed by atoms with Crippen molar-refractivity contribution in [3.05, 3.63) is 23.9 Å². The van der Waals surface area contributed by atoms with E-state index in [0.29, 0.717) is 19.0 Å². The molecule has 0 radical (unpaired) electrons. The Hall–Kier alpha value is -1.04. The van der Waals surface area contributed by atoms with Crippen LogP contribution in [0.4, 0.5) is 5.82 Å². The number of hydrogen-bond donors (Lipinski definition) is 2. The molecule has 0 bridgehead atoms. The van der Waals surface area contributed by atoms with Gasteiger partial charge in [-0.15, -0.1) is 24.8 Å². The van der Waals surface area contributed by atoms with E-state index >= 15 is 0 Å². The van der Waals surface area contributed by atoms with Gasteiger partial charge in [0.1, 0.15) is 5.82 Å². The van der Waals surface area contributed by atoms with Crippen LogP contribution in [0.15, 0.2) is 18.3 Å². The number of rotatable bonds is 5. The van der Waals surface area contributed by atoms with Gasteiger partial charge in [-0.2, -0.15) is 0 Å². The molecule has 1 amide bonds. The molecular weight excluding hydrogens is 359 g/mol. The van der Waals surface area contributed by atoms with Gasteiger partial charge in [-0.3, -0.25) is 4.79 Å². The third-order valence-corrected chi connectivity index (χ3v) is 5.00. The first-order valence-corrected chi connectivity index (χ1v) is 8.90. The lowest BCUT2D eigenvalue weighted by atomic mass is 9.99. The van der Waals surface area contributed by atoms with Crippen LogP contribution in [0, 0.1) is 5.92 Å². The van der Waals surface area contributed by atoms with E-state index in [1.54, 1.807) is 0 Å². The van der Waals surface area contributed by atoms with Crippen LogP contribution < -0.4 is 15.5 Å². The van der Waals surface area contributed by atoms with Crippen LogP contribution in [-0.2, 0) is 11.3 Å². The minimum absolute atomic E-state index is 0. The Morgan fingerprint density at radius 1 is 1.28 bits per heavy atom. The first-order valence-electron chi connectivity index (χ1n) is 8.90. The maximum absolute atomic E-state index is 11.9. The van der Waals surface area contributed by atoms with Crippen LogP contribution in [0.25, 0.3) is 0 Å². The van der Waals surface area contributed by atoms with Crippen molar-refractivity contribution in [2.75, 3.05) is 24.5 Å². The van der Waals surface area contributed by atoms with E-state index in [2.05, 4.69) is 39.6 Å². The number of amides is 1. The molecule has 1 aromatic rings. The molecule has 0 spiro atoms. The third kappa shape index (κ3) is 6.65. The lowest BCUT2D eigenvalue weighted by Gasteiger charge is -2.31. The molecule has 0 aromatic carbocycles.